The Bertz CT molecular complexity index is 761. The normalized spacial score (nSPS) is 17.0. The molecule has 1 N–H and O–H groups in total. The molecule has 2 aromatic rings. The van der Waals surface area contributed by atoms with Gasteiger partial charge in [-0.3, -0.25) is 14.5 Å². The number of likely N-dealkylation sites (tertiary alicyclic amines) is 1. The topological polar surface area (TPSA) is 58.6 Å². The third-order valence-electron chi connectivity index (χ3n) is 4.75. The summed E-state index contributed by atoms with van der Waals surface area (Å²) in [6, 6.07) is 17.5. The Hall–Kier alpha value is -2.66. The Balaban J connectivity index is 1.62. The molecule has 26 heavy (non-hydrogen) atoms. The van der Waals surface area contributed by atoms with E-state index in [2.05, 4.69) is 5.32 Å². The second-order valence-corrected chi connectivity index (χ2v) is 6.43. The molecular formula is C21H24N2O3. The van der Waals surface area contributed by atoms with Crippen molar-refractivity contribution in [1.29, 1.82) is 0 Å². The second kappa shape index (κ2) is 8.63. The van der Waals surface area contributed by atoms with Crippen LogP contribution in [0.15, 0.2) is 54.6 Å². The number of benzene rings is 2. The van der Waals surface area contributed by atoms with Crippen LogP contribution < -0.4 is 5.32 Å². The molecule has 0 aromatic heterocycles. The van der Waals surface area contributed by atoms with E-state index in [4.69, 9.17) is 4.74 Å². The van der Waals surface area contributed by atoms with E-state index in [0.717, 1.165) is 36.2 Å². The van der Waals surface area contributed by atoms with Gasteiger partial charge in [-0.05, 0) is 31.0 Å². The van der Waals surface area contributed by atoms with Crippen molar-refractivity contribution in [2.24, 2.45) is 0 Å². The van der Waals surface area contributed by atoms with Crippen molar-refractivity contribution >= 4 is 17.6 Å². The summed E-state index contributed by atoms with van der Waals surface area (Å²) < 4.78 is 4.85. The van der Waals surface area contributed by atoms with Crippen molar-refractivity contribution in [3.05, 3.63) is 54.6 Å². The van der Waals surface area contributed by atoms with Crippen molar-refractivity contribution in [3.63, 3.8) is 0 Å². The molecule has 2 aromatic carbocycles. The lowest BCUT2D eigenvalue weighted by Gasteiger charge is -2.22. The fraction of sp³-hybridized carbons (Fsp3) is 0.333. The monoisotopic (exact) mass is 352 g/mol. The highest BCUT2D eigenvalue weighted by Crippen LogP contribution is 2.27. The van der Waals surface area contributed by atoms with Crippen LogP contribution in [0.3, 0.4) is 0 Å². The van der Waals surface area contributed by atoms with Crippen molar-refractivity contribution in [2.75, 3.05) is 25.5 Å². The zero-order valence-electron chi connectivity index (χ0n) is 15.0. The maximum atomic E-state index is 12.4. The van der Waals surface area contributed by atoms with Gasteiger partial charge in [0.1, 0.15) is 6.04 Å². The first-order valence-electron chi connectivity index (χ1n) is 8.95. The molecule has 5 nitrogen and oxygen atoms in total. The van der Waals surface area contributed by atoms with Crippen LogP contribution in [-0.2, 0) is 14.3 Å². The van der Waals surface area contributed by atoms with Crippen molar-refractivity contribution in [1.82, 2.24) is 4.90 Å². The van der Waals surface area contributed by atoms with Gasteiger partial charge in [-0.2, -0.15) is 0 Å². The minimum Gasteiger partial charge on any atom is -0.468 e. The summed E-state index contributed by atoms with van der Waals surface area (Å²) in [5.74, 6) is -0.263. The van der Waals surface area contributed by atoms with Gasteiger partial charge in [0, 0.05) is 24.2 Å². The molecule has 5 heteroatoms. The predicted octanol–water partition coefficient (Wildman–Crippen LogP) is 3.32. The quantitative estimate of drug-likeness (QED) is 0.810. The Morgan fingerprint density at radius 2 is 1.85 bits per heavy atom. The number of nitrogens with zero attached hydrogens (tertiary/aromatic N) is 1. The number of ether oxygens (including phenoxy) is 1. The molecule has 1 atom stereocenters. The second-order valence-electron chi connectivity index (χ2n) is 6.43. The molecule has 0 radical (unpaired) electrons. The number of para-hydroxylation sites is 1. The van der Waals surface area contributed by atoms with Crippen molar-refractivity contribution in [2.45, 2.75) is 25.3 Å². The molecule has 1 fully saturated rings. The van der Waals surface area contributed by atoms with Gasteiger partial charge in [0.05, 0.1) is 7.11 Å². The van der Waals surface area contributed by atoms with Crippen LogP contribution in [0.5, 0.6) is 0 Å². The van der Waals surface area contributed by atoms with E-state index in [1.165, 1.54) is 7.11 Å². The van der Waals surface area contributed by atoms with E-state index in [9.17, 15) is 9.59 Å². The van der Waals surface area contributed by atoms with E-state index in [1.807, 2.05) is 59.5 Å². The molecule has 0 bridgehead atoms. The van der Waals surface area contributed by atoms with E-state index in [0.29, 0.717) is 13.0 Å². The fourth-order valence-corrected chi connectivity index (χ4v) is 3.42. The number of rotatable bonds is 6. The fourth-order valence-electron chi connectivity index (χ4n) is 3.42. The molecule has 1 unspecified atom stereocenters. The molecule has 3 rings (SSSR count). The summed E-state index contributed by atoms with van der Waals surface area (Å²) in [7, 11) is 1.41. The zero-order valence-corrected chi connectivity index (χ0v) is 15.0. The van der Waals surface area contributed by atoms with Gasteiger partial charge in [-0.25, -0.2) is 0 Å². The molecule has 1 saturated heterocycles. The number of anilines is 1. The van der Waals surface area contributed by atoms with Gasteiger partial charge in [-0.15, -0.1) is 0 Å². The molecule has 0 saturated carbocycles. The van der Waals surface area contributed by atoms with Crippen molar-refractivity contribution < 1.29 is 14.3 Å². The van der Waals surface area contributed by atoms with E-state index in [1.54, 1.807) is 0 Å². The number of carbonyl (C=O) groups is 2. The first kappa shape index (κ1) is 18.1. The number of amides is 1. The summed E-state index contributed by atoms with van der Waals surface area (Å²) in [6.45, 7) is 1.38. The molecule has 1 heterocycles. The van der Waals surface area contributed by atoms with Crippen LogP contribution in [0.25, 0.3) is 11.1 Å². The van der Waals surface area contributed by atoms with Crippen LogP contribution in [0, 0.1) is 0 Å². The first-order valence-corrected chi connectivity index (χ1v) is 8.95. The Labute approximate surface area is 154 Å². The zero-order chi connectivity index (χ0) is 18.4. The number of hydrogen-bond donors (Lipinski definition) is 1. The average Bonchev–Trinajstić information content (AvgIpc) is 3.15. The largest absolute Gasteiger partial charge is 0.468 e. The molecule has 0 spiro atoms. The number of esters is 1. The molecule has 1 aliphatic rings. The van der Waals surface area contributed by atoms with E-state index < -0.39 is 0 Å². The van der Waals surface area contributed by atoms with Gasteiger partial charge in [-0.1, -0.05) is 48.5 Å². The smallest absolute Gasteiger partial charge is 0.323 e. The Morgan fingerprint density at radius 1 is 1.12 bits per heavy atom. The van der Waals surface area contributed by atoms with Gasteiger partial charge >= 0.3 is 5.97 Å². The molecular weight excluding hydrogens is 328 g/mol. The average molecular weight is 352 g/mol. The lowest BCUT2D eigenvalue weighted by Crippen LogP contribution is -2.38. The molecule has 1 aliphatic heterocycles. The summed E-state index contributed by atoms with van der Waals surface area (Å²) in [5, 5.41) is 3.01. The minimum absolute atomic E-state index is 0.0519. The van der Waals surface area contributed by atoms with E-state index in [-0.39, 0.29) is 17.9 Å². The van der Waals surface area contributed by atoms with Crippen molar-refractivity contribution in [3.8, 4) is 11.1 Å². The highest BCUT2D eigenvalue weighted by molar-refractivity contribution is 5.95. The van der Waals surface area contributed by atoms with Gasteiger partial charge in [0.15, 0.2) is 0 Å². The number of carbonyl (C=O) groups excluding carboxylic acids is 2. The maximum absolute atomic E-state index is 12.4. The summed E-state index contributed by atoms with van der Waals surface area (Å²) in [6.07, 6.45) is 2.10. The predicted molar refractivity (Wildman–Crippen MR) is 102 cm³/mol. The molecule has 1 amide bonds. The number of methoxy groups -OCH3 is 1. The molecule has 0 aliphatic carbocycles. The highest BCUT2D eigenvalue weighted by Gasteiger charge is 2.31. The minimum atomic E-state index is -0.218. The maximum Gasteiger partial charge on any atom is 0.323 e. The lowest BCUT2D eigenvalue weighted by molar-refractivity contribution is -0.146. The van der Waals surface area contributed by atoms with Crippen LogP contribution in [0.4, 0.5) is 5.69 Å². The Morgan fingerprint density at radius 3 is 2.62 bits per heavy atom. The SMILES string of the molecule is COC(=O)C1CCCN1CCC(=O)Nc1ccccc1-c1ccccc1. The summed E-state index contributed by atoms with van der Waals surface area (Å²) >= 11 is 0. The number of hydrogen-bond acceptors (Lipinski definition) is 4. The lowest BCUT2D eigenvalue weighted by atomic mass is 10.0. The summed E-state index contributed by atoms with van der Waals surface area (Å²) in [5.41, 5.74) is 2.86. The van der Waals surface area contributed by atoms with E-state index >= 15 is 0 Å². The van der Waals surface area contributed by atoms with Crippen LogP contribution >= 0.6 is 0 Å². The third-order valence-corrected chi connectivity index (χ3v) is 4.75. The van der Waals surface area contributed by atoms with Crippen LogP contribution in [0.2, 0.25) is 0 Å². The number of nitrogens with one attached hydrogen (secondary N) is 1. The standard InChI is InChI=1S/C21H24N2O3/c1-26-21(25)19-12-7-14-23(19)15-13-20(24)22-18-11-6-5-10-17(18)16-8-3-2-4-9-16/h2-6,8-11,19H,7,12-15H2,1H3,(H,22,24). The van der Waals surface area contributed by atoms with Gasteiger partial charge < -0.3 is 10.1 Å². The van der Waals surface area contributed by atoms with Crippen LogP contribution in [-0.4, -0.2) is 43.0 Å². The highest BCUT2D eigenvalue weighted by atomic mass is 16.5. The Kier molecular flexibility index (Phi) is 6.02. The van der Waals surface area contributed by atoms with Gasteiger partial charge in [0.25, 0.3) is 0 Å². The van der Waals surface area contributed by atoms with Gasteiger partial charge in [0.2, 0.25) is 5.91 Å². The first-order chi connectivity index (χ1) is 12.7. The molecule has 136 valence electrons. The third kappa shape index (κ3) is 4.29. The van der Waals surface area contributed by atoms with Crippen LogP contribution in [0.1, 0.15) is 19.3 Å². The summed E-state index contributed by atoms with van der Waals surface area (Å²) in [4.78, 5) is 26.3.